The molecule has 2 rings (SSSR count). The summed E-state index contributed by atoms with van der Waals surface area (Å²) in [6.45, 7) is 0. The van der Waals surface area contributed by atoms with Gasteiger partial charge in [-0.05, 0) is 37.5 Å². The van der Waals surface area contributed by atoms with Gasteiger partial charge in [-0.1, -0.05) is 22.0 Å². The molecule has 17 heavy (non-hydrogen) atoms. The number of hydrogen-bond acceptors (Lipinski definition) is 3. The van der Waals surface area contributed by atoms with Crippen LogP contribution in [0.15, 0.2) is 28.7 Å². The van der Waals surface area contributed by atoms with Gasteiger partial charge in [-0.25, -0.2) is 4.79 Å². The minimum Gasteiger partial charge on any atom is -0.451 e. The van der Waals surface area contributed by atoms with Crippen LogP contribution in [-0.4, -0.2) is 17.9 Å². The number of hydrogen-bond donors (Lipinski definition) is 0. The summed E-state index contributed by atoms with van der Waals surface area (Å²) >= 11 is 3.29. The first kappa shape index (κ1) is 12.3. The molecule has 0 radical (unpaired) electrons. The molecule has 0 amide bonds. The Morgan fingerprint density at radius 1 is 1.35 bits per heavy atom. The smallest absolute Gasteiger partial charge is 0.338 e. The number of Topliss-reactive ketones (excluding diaryl/α,β-unsaturated/α-hetero) is 1. The molecule has 3 nitrogen and oxygen atoms in total. The molecule has 0 aromatic heterocycles. The third-order valence-electron chi connectivity index (χ3n) is 2.81. The Balaban J connectivity index is 2.03. The van der Waals surface area contributed by atoms with Gasteiger partial charge in [-0.3, -0.25) is 4.79 Å². The highest BCUT2D eigenvalue weighted by molar-refractivity contribution is 9.10. The van der Waals surface area contributed by atoms with Crippen LogP contribution < -0.4 is 0 Å². The van der Waals surface area contributed by atoms with Crippen molar-refractivity contribution in [1.29, 1.82) is 0 Å². The lowest BCUT2D eigenvalue weighted by Crippen LogP contribution is -2.30. The average Bonchev–Trinajstić information content (AvgIpc) is 2.32. The van der Waals surface area contributed by atoms with E-state index in [1.165, 1.54) is 0 Å². The van der Waals surface area contributed by atoms with E-state index in [9.17, 15) is 9.59 Å². The van der Waals surface area contributed by atoms with Gasteiger partial charge in [0.1, 0.15) is 0 Å². The Hall–Kier alpha value is -1.16. The van der Waals surface area contributed by atoms with Crippen molar-refractivity contribution < 1.29 is 14.3 Å². The van der Waals surface area contributed by atoms with Gasteiger partial charge < -0.3 is 4.74 Å². The maximum Gasteiger partial charge on any atom is 0.338 e. The number of carbonyl (C=O) groups is 2. The van der Waals surface area contributed by atoms with Crippen molar-refractivity contribution in [2.45, 2.75) is 31.8 Å². The molecule has 1 aliphatic carbocycles. The lowest BCUT2D eigenvalue weighted by atomic mass is 9.96. The largest absolute Gasteiger partial charge is 0.451 e. The zero-order valence-corrected chi connectivity index (χ0v) is 10.9. The maximum atomic E-state index is 11.8. The van der Waals surface area contributed by atoms with Crippen LogP contribution in [0.25, 0.3) is 0 Å². The highest BCUT2D eigenvalue weighted by atomic mass is 79.9. The highest BCUT2D eigenvalue weighted by Gasteiger charge is 2.26. The lowest BCUT2D eigenvalue weighted by Gasteiger charge is -2.20. The van der Waals surface area contributed by atoms with Crippen LogP contribution in [0.3, 0.4) is 0 Å². The molecular weight excluding hydrogens is 284 g/mol. The van der Waals surface area contributed by atoms with Gasteiger partial charge in [-0.2, -0.15) is 0 Å². The molecule has 0 N–H and O–H groups in total. The van der Waals surface area contributed by atoms with E-state index in [0.29, 0.717) is 18.4 Å². The molecule has 0 unspecified atom stereocenters. The van der Waals surface area contributed by atoms with Gasteiger partial charge in [0.15, 0.2) is 11.9 Å². The van der Waals surface area contributed by atoms with Gasteiger partial charge in [0.25, 0.3) is 0 Å². The monoisotopic (exact) mass is 296 g/mol. The van der Waals surface area contributed by atoms with Crippen LogP contribution in [0, 0.1) is 0 Å². The van der Waals surface area contributed by atoms with Crippen LogP contribution >= 0.6 is 15.9 Å². The number of ketones is 1. The number of carbonyl (C=O) groups excluding carboxylic acids is 2. The van der Waals surface area contributed by atoms with Gasteiger partial charge >= 0.3 is 5.97 Å². The van der Waals surface area contributed by atoms with Gasteiger partial charge in [0, 0.05) is 10.9 Å². The molecule has 1 fully saturated rings. The number of esters is 1. The van der Waals surface area contributed by atoms with Crippen LogP contribution in [0.5, 0.6) is 0 Å². The minimum absolute atomic E-state index is 0.0413. The second-order valence-corrected chi connectivity index (χ2v) is 5.03. The molecule has 90 valence electrons. The second kappa shape index (κ2) is 5.45. The summed E-state index contributed by atoms with van der Waals surface area (Å²) in [4.78, 5) is 23.4. The molecule has 1 aromatic rings. The summed E-state index contributed by atoms with van der Waals surface area (Å²) in [6, 6.07) is 6.97. The van der Waals surface area contributed by atoms with E-state index in [1.807, 2.05) is 6.07 Å². The van der Waals surface area contributed by atoms with E-state index in [1.54, 1.807) is 18.2 Å². The van der Waals surface area contributed by atoms with Crippen LogP contribution in [0.4, 0.5) is 0 Å². The molecule has 4 heteroatoms. The van der Waals surface area contributed by atoms with E-state index < -0.39 is 12.1 Å². The molecule has 1 saturated carbocycles. The zero-order chi connectivity index (χ0) is 12.3. The Labute approximate surface area is 108 Å². The minimum atomic E-state index is -0.546. The normalized spacial score (nSPS) is 20.1. The van der Waals surface area contributed by atoms with Crippen LogP contribution in [0.2, 0.25) is 0 Å². The third kappa shape index (κ3) is 3.16. The predicted octanol–water partition coefficient (Wildman–Crippen LogP) is 3.12. The first-order valence-electron chi connectivity index (χ1n) is 5.66. The number of rotatable bonds is 2. The fourth-order valence-electron chi connectivity index (χ4n) is 1.89. The predicted molar refractivity (Wildman–Crippen MR) is 66.8 cm³/mol. The van der Waals surface area contributed by atoms with Gasteiger partial charge in [0.05, 0.1) is 5.56 Å². The number of halogens is 1. The summed E-state index contributed by atoms with van der Waals surface area (Å²) in [7, 11) is 0. The Morgan fingerprint density at radius 3 is 2.88 bits per heavy atom. The maximum absolute atomic E-state index is 11.8. The molecular formula is C13H13BrO3. The zero-order valence-electron chi connectivity index (χ0n) is 9.32. The molecule has 0 heterocycles. The highest BCUT2D eigenvalue weighted by Crippen LogP contribution is 2.19. The van der Waals surface area contributed by atoms with E-state index in [-0.39, 0.29) is 5.78 Å². The Morgan fingerprint density at radius 2 is 2.18 bits per heavy atom. The van der Waals surface area contributed by atoms with Crippen molar-refractivity contribution in [1.82, 2.24) is 0 Å². The quantitative estimate of drug-likeness (QED) is 0.788. The molecule has 1 aromatic carbocycles. The van der Waals surface area contributed by atoms with Crippen molar-refractivity contribution >= 4 is 27.7 Å². The van der Waals surface area contributed by atoms with E-state index >= 15 is 0 Å². The topological polar surface area (TPSA) is 43.4 Å². The van der Waals surface area contributed by atoms with Crippen LogP contribution in [-0.2, 0) is 9.53 Å². The fraction of sp³-hybridized carbons (Fsp3) is 0.385. The molecule has 0 aliphatic heterocycles. The van der Waals surface area contributed by atoms with E-state index in [4.69, 9.17) is 4.74 Å². The molecule has 1 atom stereocenters. The summed E-state index contributed by atoms with van der Waals surface area (Å²) in [6.07, 6.45) is 2.48. The number of ether oxygens (including phenoxy) is 1. The summed E-state index contributed by atoms with van der Waals surface area (Å²) in [5.41, 5.74) is 0.470. The van der Waals surface area contributed by atoms with Crippen molar-refractivity contribution in [3.63, 3.8) is 0 Å². The SMILES string of the molecule is O=C(O[C@H]1CCCCC1=O)c1cccc(Br)c1. The van der Waals surface area contributed by atoms with Gasteiger partial charge in [-0.15, -0.1) is 0 Å². The second-order valence-electron chi connectivity index (χ2n) is 4.12. The molecule has 1 aliphatic rings. The van der Waals surface area contributed by atoms with E-state index in [0.717, 1.165) is 17.3 Å². The average molecular weight is 297 g/mol. The standard InChI is InChI=1S/C13H13BrO3/c14-10-5-3-4-9(8-10)13(16)17-12-7-2-1-6-11(12)15/h3-5,8,12H,1-2,6-7H2/t12-/m0/s1. The van der Waals surface area contributed by atoms with Crippen molar-refractivity contribution in [2.75, 3.05) is 0 Å². The first-order chi connectivity index (χ1) is 8.16. The van der Waals surface area contributed by atoms with Crippen molar-refractivity contribution in [3.8, 4) is 0 Å². The molecule has 0 spiro atoms. The lowest BCUT2D eigenvalue weighted by molar-refractivity contribution is -0.129. The number of benzene rings is 1. The van der Waals surface area contributed by atoms with Crippen molar-refractivity contribution in [2.24, 2.45) is 0 Å². The van der Waals surface area contributed by atoms with Gasteiger partial charge in [0.2, 0.25) is 0 Å². The molecule has 0 saturated heterocycles. The van der Waals surface area contributed by atoms with Crippen LogP contribution in [0.1, 0.15) is 36.0 Å². The summed E-state index contributed by atoms with van der Waals surface area (Å²) < 4.78 is 6.06. The Kier molecular flexibility index (Phi) is 3.94. The fourth-order valence-corrected chi connectivity index (χ4v) is 2.29. The summed E-state index contributed by atoms with van der Waals surface area (Å²) in [5, 5.41) is 0. The molecule has 0 bridgehead atoms. The van der Waals surface area contributed by atoms with E-state index in [2.05, 4.69) is 15.9 Å². The summed E-state index contributed by atoms with van der Waals surface area (Å²) in [5.74, 6) is -0.383. The van der Waals surface area contributed by atoms with Crippen molar-refractivity contribution in [3.05, 3.63) is 34.3 Å². The Bertz CT molecular complexity index is 442. The first-order valence-corrected chi connectivity index (χ1v) is 6.45. The third-order valence-corrected chi connectivity index (χ3v) is 3.30.